The molecule has 1 aliphatic heterocycles. The van der Waals surface area contributed by atoms with Crippen molar-refractivity contribution < 1.29 is 19.0 Å². The predicted octanol–water partition coefficient (Wildman–Crippen LogP) is 2.35. The highest BCUT2D eigenvalue weighted by Gasteiger charge is 2.22. The zero-order chi connectivity index (χ0) is 16.9. The first kappa shape index (κ1) is 16.2. The fourth-order valence-electron chi connectivity index (χ4n) is 2.96. The average Bonchev–Trinajstić information content (AvgIpc) is 2.60. The third kappa shape index (κ3) is 3.79. The van der Waals surface area contributed by atoms with Gasteiger partial charge in [0.25, 0.3) is 5.91 Å². The number of hydrogen-bond donors (Lipinski definition) is 1. The second-order valence-electron chi connectivity index (χ2n) is 5.93. The van der Waals surface area contributed by atoms with Crippen LogP contribution in [-0.2, 0) is 17.6 Å². The fraction of sp³-hybridized carbons (Fsp3) is 0.316. The first-order chi connectivity index (χ1) is 11.7. The van der Waals surface area contributed by atoms with Crippen molar-refractivity contribution in [3.63, 3.8) is 0 Å². The van der Waals surface area contributed by atoms with Gasteiger partial charge in [-0.3, -0.25) is 4.79 Å². The molecule has 2 aromatic rings. The molecule has 0 saturated heterocycles. The molecule has 126 valence electrons. The van der Waals surface area contributed by atoms with Gasteiger partial charge in [0.15, 0.2) is 18.1 Å². The van der Waals surface area contributed by atoms with Crippen molar-refractivity contribution in [1.82, 2.24) is 0 Å². The average molecular weight is 327 g/mol. The molecule has 0 fully saturated rings. The van der Waals surface area contributed by atoms with E-state index in [1.54, 1.807) is 7.11 Å². The van der Waals surface area contributed by atoms with E-state index in [-0.39, 0.29) is 6.61 Å². The van der Waals surface area contributed by atoms with Crippen LogP contribution in [0.5, 0.6) is 17.2 Å². The summed E-state index contributed by atoms with van der Waals surface area (Å²) in [6.07, 6.45) is 1.89. The van der Waals surface area contributed by atoms with Gasteiger partial charge in [0.1, 0.15) is 5.75 Å². The van der Waals surface area contributed by atoms with Crippen LogP contribution in [0.3, 0.4) is 0 Å². The Morgan fingerprint density at radius 3 is 2.75 bits per heavy atom. The standard InChI is InChI=1S/C19H21NO4/c1-22-17-4-2-3-15-10-14(11-24-19(15)17)9-13-5-7-16(8-6-13)23-12-18(20)21/h2-8,14H,9-12H2,1H3,(H2,20,21)/t14-/m0/s1. The van der Waals surface area contributed by atoms with Crippen LogP contribution in [0, 0.1) is 5.92 Å². The Labute approximate surface area is 141 Å². The summed E-state index contributed by atoms with van der Waals surface area (Å²) in [6, 6.07) is 13.7. The monoisotopic (exact) mass is 327 g/mol. The molecule has 0 saturated carbocycles. The maximum absolute atomic E-state index is 10.7. The summed E-state index contributed by atoms with van der Waals surface area (Å²) in [4.78, 5) is 10.7. The summed E-state index contributed by atoms with van der Waals surface area (Å²) in [5.41, 5.74) is 7.46. The van der Waals surface area contributed by atoms with Crippen molar-refractivity contribution in [1.29, 1.82) is 0 Å². The first-order valence-electron chi connectivity index (χ1n) is 7.94. The zero-order valence-corrected chi connectivity index (χ0v) is 13.7. The Balaban J connectivity index is 1.62. The first-order valence-corrected chi connectivity index (χ1v) is 7.94. The summed E-state index contributed by atoms with van der Waals surface area (Å²) in [5, 5.41) is 0. The summed E-state index contributed by atoms with van der Waals surface area (Å²) in [6.45, 7) is 0.571. The molecule has 1 atom stereocenters. The third-order valence-corrected chi connectivity index (χ3v) is 4.08. The van der Waals surface area contributed by atoms with Crippen LogP contribution in [0.2, 0.25) is 0 Å². The van der Waals surface area contributed by atoms with Crippen LogP contribution < -0.4 is 19.9 Å². The fourth-order valence-corrected chi connectivity index (χ4v) is 2.96. The second-order valence-corrected chi connectivity index (χ2v) is 5.93. The van der Waals surface area contributed by atoms with E-state index in [0.717, 1.165) is 24.3 Å². The van der Waals surface area contributed by atoms with E-state index in [0.29, 0.717) is 18.3 Å². The summed E-state index contributed by atoms with van der Waals surface area (Å²) < 4.78 is 16.5. The molecule has 0 bridgehead atoms. The molecule has 1 amide bonds. The highest BCUT2D eigenvalue weighted by Crippen LogP contribution is 2.36. The molecule has 0 aromatic heterocycles. The van der Waals surface area contributed by atoms with E-state index < -0.39 is 5.91 Å². The SMILES string of the molecule is COc1cccc2c1OC[C@@H](Cc1ccc(OCC(N)=O)cc1)C2. The molecule has 5 nitrogen and oxygen atoms in total. The van der Waals surface area contributed by atoms with Crippen molar-refractivity contribution in [2.45, 2.75) is 12.8 Å². The van der Waals surface area contributed by atoms with Gasteiger partial charge < -0.3 is 19.9 Å². The number of rotatable bonds is 6. The maximum atomic E-state index is 10.7. The summed E-state index contributed by atoms with van der Waals surface area (Å²) in [5.74, 6) is 2.25. The zero-order valence-electron chi connectivity index (χ0n) is 13.7. The lowest BCUT2D eigenvalue weighted by atomic mass is 9.91. The molecular formula is C19H21NO4. The summed E-state index contributed by atoms with van der Waals surface area (Å²) in [7, 11) is 1.66. The topological polar surface area (TPSA) is 70.8 Å². The van der Waals surface area contributed by atoms with Gasteiger partial charge in [0.05, 0.1) is 13.7 Å². The van der Waals surface area contributed by atoms with Crippen LogP contribution in [-0.4, -0.2) is 26.2 Å². The van der Waals surface area contributed by atoms with Gasteiger partial charge in [0, 0.05) is 5.92 Å². The van der Waals surface area contributed by atoms with Crippen LogP contribution in [0.25, 0.3) is 0 Å². The normalized spacial score (nSPS) is 16.0. The Morgan fingerprint density at radius 2 is 2.04 bits per heavy atom. The minimum atomic E-state index is -0.479. The van der Waals surface area contributed by atoms with Gasteiger partial charge in [-0.15, -0.1) is 0 Å². The minimum Gasteiger partial charge on any atom is -0.493 e. The van der Waals surface area contributed by atoms with Crippen molar-refractivity contribution in [2.75, 3.05) is 20.3 Å². The van der Waals surface area contributed by atoms with Crippen molar-refractivity contribution in [3.8, 4) is 17.2 Å². The van der Waals surface area contributed by atoms with Gasteiger partial charge in [-0.05, 0) is 42.2 Å². The molecule has 0 spiro atoms. The summed E-state index contributed by atoms with van der Waals surface area (Å²) >= 11 is 0. The number of benzene rings is 2. The van der Waals surface area contributed by atoms with Gasteiger partial charge in [0.2, 0.25) is 0 Å². The third-order valence-electron chi connectivity index (χ3n) is 4.08. The van der Waals surface area contributed by atoms with E-state index in [9.17, 15) is 4.79 Å². The van der Waals surface area contributed by atoms with Crippen LogP contribution >= 0.6 is 0 Å². The molecule has 0 unspecified atom stereocenters. The van der Waals surface area contributed by atoms with Gasteiger partial charge in [-0.1, -0.05) is 24.3 Å². The number of para-hydroxylation sites is 1. The molecule has 24 heavy (non-hydrogen) atoms. The molecule has 5 heteroatoms. The Bertz CT molecular complexity index is 712. The Morgan fingerprint density at radius 1 is 1.25 bits per heavy atom. The van der Waals surface area contributed by atoms with Crippen molar-refractivity contribution in [2.24, 2.45) is 11.7 Å². The van der Waals surface area contributed by atoms with Crippen molar-refractivity contribution >= 4 is 5.91 Å². The van der Waals surface area contributed by atoms with Gasteiger partial charge >= 0.3 is 0 Å². The van der Waals surface area contributed by atoms with E-state index in [2.05, 4.69) is 6.07 Å². The molecule has 0 aliphatic carbocycles. The number of carbonyl (C=O) groups is 1. The van der Waals surface area contributed by atoms with E-state index >= 15 is 0 Å². The van der Waals surface area contributed by atoms with Crippen LogP contribution in [0.4, 0.5) is 0 Å². The quantitative estimate of drug-likeness (QED) is 0.884. The predicted molar refractivity (Wildman–Crippen MR) is 90.5 cm³/mol. The number of carbonyl (C=O) groups excluding carboxylic acids is 1. The number of primary amides is 1. The molecule has 1 aliphatic rings. The van der Waals surface area contributed by atoms with E-state index in [1.165, 1.54) is 11.1 Å². The Kier molecular flexibility index (Phi) is 4.89. The lowest BCUT2D eigenvalue weighted by Crippen LogP contribution is -2.23. The number of methoxy groups -OCH3 is 1. The maximum Gasteiger partial charge on any atom is 0.255 e. The van der Waals surface area contributed by atoms with Crippen LogP contribution in [0.15, 0.2) is 42.5 Å². The number of fused-ring (bicyclic) bond motifs is 1. The molecule has 2 N–H and O–H groups in total. The molecule has 3 rings (SSSR count). The molecule has 2 aromatic carbocycles. The highest BCUT2D eigenvalue weighted by atomic mass is 16.5. The van der Waals surface area contributed by atoms with Crippen LogP contribution in [0.1, 0.15) is 11.1 Å². The second kappa shape index (κ2) is 7.25. The number of nitrogens with two attached hydrogens (primary N) is 1. The molecule has 1 heterocycles. The molecule has 0 radical (unpaired) electrons. The Hall–Kier alpha value is -2.69. The molecular weight excluding hydrogens is 306 g/mol. The number of ether oxygens (including phenoxy) is 3. The van der Waals surface area contributed by atoms with Crippen molar-refractivity contribution in [3.05, 3.63) is 53.6 Å². The lowest BCUT2D eigenvalue weighted by Gasteiger charge is -2.26. The van der Waals surface area contributed by atoms with E-state index in [1.807, 2.05) is 36.4 Å². The van der Waals surface area contributed by atoms with Gasteiger partial charge in [-0.2, -0.15) is 0 Å². The number of amides is 1. The van der Waals surface area contributed by atoms with E-state index in [4.69, 9.17) is 19.9 Å². The smallest absolute Gasteiger partial charge is 0.255 e. The number of hydrogen-bond acceptors (Lipinski definition) is 4. The highest BCUT2D eigenvalue weighted by molar-refractivity contribution is 5.75. The minimum absolute atomic E-state index is 0.103. The van der Waals surface area contributed by atoms with Gasteiger partial charge in [-0.25, -0.2) is 0 Å². The largest absolute Gasteiger partial charge is 0.493 e. The lowest BCUT2D eigenvalue weighted by molar-refractivity contribution is -0.119.